The maximum Gasteiger partial charge on any atom is 0.229 e. The van der Waals surface area contributed by atoms with Crippen molar-refractivity contribution in [2.24, 2.45) is 11.8 Å². The number of anilines is 1. The van der Waals surface area contributed by atoms with E-state index in [-0.39, 0.29) is 17.7 Å². The minimum atomic E-state index is -0.141. The normalized spacial score (nSPS) is 15.9. The van der Waals surface area contributed by atoms with E-state index in [1.807, 2.05) is 59.3 Å². The fourth-order valence-electron chi connectivity index (χ4n) is 4.97. The van der Waals surface area contributed by atoms with Gasteiger partial charge in [0.2, 0.25) is 11.0 Å². The van der Waals surface area contributed by atoms with Crippen LogP contribution in [0.2, 0.25) is 0 Å². The van der Waals surface area contributed by atoms with Crippen molar-refractivity contribution in [1.29, 1.82) is 0 Å². The van der Waals surface area contributed by atoms with Crippen molar-refractivity contribution in [3.8, 4) is 22.7 Å². The number of nitrogens with zero attached hydrogens (tertiary/aromatic N) is 4. The van der Waals surface area contributed by atoms with Gasteiger partial charge in [0.25, 0.3) is 0 Å². The number of thioether (sulfide) groups is 1. The van der Waals surface area contributed by atoms with Gasteiger partial charge in [-0.25, -0.2) is 4.68 Å². The van der Waals surface area contributed by atoms with Crippen molar-refractivity contribution < 1.29 is 9.53 Å². The molecule has 2 heterocycles. The summed E-state index contributed by atoms with van der Waals surface area (Å²) >= 11 is 3.06. The van der Waals surface area contributed by atoms with Gasteiger partial charge in [0.05, 0.1) is 18.0 Å². The van der Waals surface area contributed by atoms with Crippen LogP contribution in [0, 0.1) is 18.8 Å². The molecule has 5 aromatic rings. The third kappa shape index (κ3) is 7.17. The number of ether oxygens (including phenoxy) is 1. The van der Waals surface area contributed by atoms with E-state index in [4.69, 9.17) is 9.84 Å². The van der Waals surface area contributed by atoms with Crippen molar-refractivity contribution in [3.05, 3.63) is 102 Å². The highest BCUT2D eigenvalue weighted by molar-refractivity contribution is 8.00. The third-order valence-electron chi connectivity index (χ3n) is 7.63. The van der Waals surface area contributed by atoms with Crippen molar-refractivity contribution in [3.63, 3.8) is 0 Å². The van der Waals surface area contributed by atoms with Gasteiger partial charge >= 0.3 is 0 Å². The molecule has 43 heavy (non-hydrogen) atoms. The molecule has 220 valence electrons. The van der Waals surface area contributed by atoms with E-state index in [2.05, 4.69) is 66.7 Å². The Hall–Kier alpha value is -3.95. The Balaban J connectivity index is 1.15. The maximum atomic E-state index is 13.3. The molecule has 2 atom stereocenters. The Kier molecular flexibility index (Phi) is 8.90. The van der Waals surface area contributed by atoms with E-state index in [9.17, 15) is 4.79 Å². The van der Waals surface area contributed by atoms with Crippen LogP contribution in [0.1, 0.15) is 49.3 Å². The topological polar surface area (TPSA) is 81.9 Å². The summed E-state index contributed by atoms with van der Waals surface area (Å²) < 4.78 is 8.68. The molecule has 1 N–H and O–H groups in total. The van der Waals surface area contributed by atoms with E-state index in [0.29, 0.717) is 17.7 Å². The molecule has 2 unspecified atom stereocenters. The molecule has 1 amide bonds. The van der Waals surface area contributed by atoms with Crippen LogP contribution in [0.25, 0.3) is 16.9 Å². The number of carbonyl (C=O) groups excluding carboxylic acids is 1. The van der Waals surface area contributed by atoms with Gasteiger partial charge in [-0.05, 0) is 73.2 Å². The number of hydrogen-bond acceptors (Lipinski definition) is 7. The Morgan fingerprint density at radius 2 is 1.81 bits per heavy atom. The maximum absolute atomic E-state index is 13.3. The van der Waals surface area contributed by atoms with Crippen molar-refractivity contribution in [1.82, 2.24) is 20.0 Å². The van der Waals surface area contributed by atoms with Gasteiger partial charge in [0.15, 0.2) is 4.34 Å². The summed E-state index contributed by atoms with van der Waals surface area (Å²) in [7, 11) is 0. The largest absolute Gasteiger partial charge is 0.494 e. The summed E-state index contributed by atoms with van der Waals surface area (Å²) in [5.74, 6) is 2.19. The van der Waals surface area contributed by atoms with Crippen LogP contribution in [0.5, 0.6) is 5.75 Å². The average molecular weight is 610 g/mol. The van der Waals surface area contributed by atoms with E-state index < -0.39 is 0 Å². The molecular formula is C34H35N5O2S2. The Bertz CT molecular complexity index is 1680. The fourth-order valence-corrected chi connectivity index (χ4v) is 6.81. The van der Waals surface area contributed by atoms with Crippen LogP contribution >= 0.6 is 23.1 Å². The zero-order valence-electron chi connectivity index (χ0n) is 24.6. The highest BCUT2D eigenvalue weighted by atomic mass is 32.2. The second-order valence-electron chi connectivity index (χ2n) is 11.3. The highest BCUT2D eigenvalue weighted by Crippen LogP contribution is 2.51. The van der Waals surface area contributed by atoms with Crippen molar-refractivity contribution in [2.45, 2.75) is 49.6 Å². The lowest BCUT2D eigenvalue weighted by Crippen LogP contribution is -2.14. The van der Waals surface area contributed by atoms with Crippen LogP contribution in [0.15, 0.2) is 89.4 Å². The van der Waals surface area contributed by atoms with Gasteiger partial charge in [0, 0.05) is 34.9 Å². The number of rotatable bonds is 12. The monoisotopic (exact) mass is 609 g/mol. The Morgan fingerprint density at radius 1 is 1.05 bits per heavy atom. The number of hydrogen-bond donors (Lipinski definition) is 1. The zero-order valence-corrected chi connectivity index (χ0v) is 26.2. The molecule has 1 saturated carbocycles. The highest BCUT2D eigenvalue weighted by Gasteiger charge is 2.46. The van der Waals surface area contributed by atoms with Gasteiger partial charge < -0.3 is 10.1 Å². The molecule has 0 saturated heterocycles. The number of benzene rings is 3. The first-order valence-electron chi connectivity index (χ1n) is 14.6. The molecule has 0 spiro atoms. The first kappa shape index (κ1) is 29.1. The first-order valence-corrected chi connectivity index (χ1v) is 16.4. The smallest absolute Gasteiger partial charge is 0.229 e. The summed E-state index contributed by atoms with van der Waals surface area (Å²) in [6, 6.07) is 26.5. The number of aryl methyl sites for hydroxylation is 1. The molecular weight excluding hydrogens is 575 g/mol. The van der Waals surface area contributed by atoms with Gasteiger partial charge in [-0.3, -0.25) is 4.79 Å². The van der Waals surface area contributed by atoms with Gasteiger partial charge in [-0.1, -0.05) is 79.4 Å². The fraction of sp³-hybridized carbons (Fsp3) is 0.294. The van der Waals surface area contributed by atoms with E-state index in [0.717, 1.165) is 51.2 Å². The lowest BCUT2D eigenvalue weighted by Gasteiger charge is -2.09. The molecule has 7 nitrogen and oxygen atoms in total. The zero-order chi connectivity index (χ0) is 29.8. The minimum absolute atomic E-state index is 0.0242. The quantitative estimate of drug-likeness (QED) is 0.114. The standard InChI is InChI=1S/C34H35N5O2S2/c1-22(2)17-18-41-27-15-13-24(14-16-27)31-30(20-39(38-31)26-11-5-4-6-12-26)28-19-29(28)32(40)35-33-36-37-34(43-33)42-21-25-10-8-7-9-23(25)3/h4-16,20,22,28-29H,17-19,21H2,1-3H3,(H,35,36,40). The minimum Gasteiger partial charge on any atom is -0.494 e. The summed E-state index contributed by atoms with van der Waals surface area (Å²) in [4.78, 5) is 13.3. The molecule has 6 rings (SSSR count). The molecule has 1 aliphatic carbocycles. The molecule has 0 aliphatic heterocycles. The lowest BCUT2D eigenvalue weighted by atomic mass is 10.0. The number of aromatic nitrogens is 4. The second-order valence-corrected chi connectivity index (χ2v) is 13.5. The van der Waals surface area contributed by atoms with Crippen LogP contribution in [-0.2, 0) is 10.5 Å². The van der Waals surface area contributed by atoms with Crippen LogP contribution in [0.3, 0.4) is 0 Å². The van der Waals surface area contributed by atoms with E-state index >= 15 is 0 Å². The van der Waals surface area contributed by atoms with Crippen molar-refractivity contribution in [2.75, 3.05) is 11.9 Å². The number of nitrogens with one attached hydrogen (secondary N) is 1. The summed E-state index contributed by atoms with van der Waals surface area (Å²) in [6.07, 6.45) is 3.85. The lowest BCUT2D eigenvalue weighted by molar-refractivity contribution is -0.117. The molecule has 9 heteroatoms. The predicted octanol–water partition coefficient (Wildman–Crippen LogP) is 8.16. The summed E-state index contributed by atoms with van der Waals surface area (Å²) in [5, 5.41) is 17.1. The molecule has 0 radical (unpaired) electrons. The third-order valence-corrected chi connectivity index (χ3v) is 9.65. The molecule has 1 fully saturated rings. The predicted molar refractivity (Wildman–Crippen MR) is 174 cm³/mol. The summed E-state index contributed by atoms with van der Waals surface area (Å²) in [6.45, 7) is 7.20. The molecule has 0 bridgehead atoms. The number of amides is 1. The Morgan fingerprint density at radius 3 is 2.58 bits per heavy atom. The van der Waals surface area contributed by atoms with E-state index in [1.165, 1.54) is 22.5 Å². The SMILES string of the molecule is Cc1ccccc1CSc1nnc(NC(=O)C2CC2c2cn(-c3ccccc3)nc2-c2ccc(OCCC(C)C)cc2)s1. The van der Waals surface area contributed by atoms with Gasteiger partial charge in [-0.2, -0.15) is 5.10 Å². The van der Waals surface area contributed by atoms with Crippen LogP contribution < -0.4 is 10.1 Å². The number of para-hydroxylation sites is 1. The number of carbonyl (C=O) groups is 1. The van der Waals surface area contributed by atoms with Crippen LogP contribution in [0.4, 0.5) is 5.13 Å². The first-order chi connectivity index (χ1) is 20.9. The molecule has 3 aromatic carbocycles. The average Bonchev–Trinajstić information content (AvgIpc) is 3.48. The molecule has 2 aromatic heterocycles. The van der Waals surface area contributed by atoms with Gasteiger partial charge in [0.1, 0.15) is 5.75 Å². The van der Waals surface area contributed by atoms with Crippen molar-refractivity contribution >= 4 is 34.1 Å². The summed E-state index contributed by atoms with van der Waals surface area (Å²) in [5.41, 5.74) is 6.48. The molecule has 1 aliphatic rings. The van der Waals surface area contributed by atoms with Crippen LogP contribution in [-0.4, -0.2) is 32.5 Å². The van der Waals surface area contributed by atoms with Gasteiger partial charge in [-0.15, -0.1) is 10.2 Å². The second kappa shape index (κ2) is 13.1. The van der Waals surface area contributed by atoms with E-state index in [1.54, 1.807) is 11.8 Å². The Labute approximate surface area is 260 Å².